The van der Waals surface area contributed by atoms with Gasteiger partial charge in [-0.3, -0.25) is 14.5 Å². The molecule has 6 rings (SSSR count). The highest BCUT2D eigenvalue weighted by molar-refractivity contribution is 8.00. The van der Waals surface area contributed by atoms with Crippen LogP contribution in [-0.2, 0) is 21.8 Å². The Kier molecular flexibility index (Phi) is 8.00. The first-order chi connectivity index (χ1) is 20.8. The fourth-order valence-electron chi connectivity index (χ4n) is 5.11. The number of nitrogens with zero attached hydrogens (tertiary/aromatic N) is 3. The van der Waals surface area contributed by atoms with Crippen LogP contribution in [0.3, 0.4) is 0 Å². The molecule has 1 amide bonds. The van der Waals surface area contributed by atoms with Crippen LogP contribution in [0.4, 0.5) is 9.52 Å². The molecule has 11 heteroatoms. The Bertz CT molecular complexity index is 1770. The summed E-state index contributed by atoms with van der Waals surface area (Å²) in [5, 5.41) is 20.2. The lowest BCUT2D eigenvalue weighted by molar-refractivity contribution is -0.132. The zero-order valence-electron chi connectivity index (χ0n) is 23.0. The predicted molar refractivity (Wildman–Crippen MR) is 163 cm³/mol. The zero-order chi connectivity index (χ0) is 30.1. The minimum absolute atomic E-state index is 0.000802. The van der Waals surface area contributed by atoms with Crippen LogP contribution in [0.25, 0.3) is 5.76 Å². The van der Waals surface area contributed by atoms with Gasteiger partial charge < -0.3 is 14.6 Å². The third-order valence-electron chi connectivity index (χ3n) is 7.07. The van der Waals surface area contributed by atoms with Gasteiger partial charge >= 0.3 is 5.91 Å². The fraction of sp³-hybridized carbons (Fsp3) is 0.188. The van der Waals surface area contributed by atoms with Gasteiger partial charge in [0.05, 0.1) is 11.6 Å². The molecule has 218 valence electrons. The van der Waals surface area contributed by atoms with E-state index in [4.69, 9.17) is 9.47 Å². The van der Waals surface area contributed by atoms with Gasteiger partial charge in [0.1, 0.15) is 35.8 Å². The van der Waals surface area contributed by atoms with Crippen LogP contribution in [0.1, 0.15) is 35.2 Å². The second kappa shape index (κ2) is 12.0. The molecule has 3 aromatic carbocycles. The fourth-order valence-corrected chi connectivity index (χ4v) is 6.97. The van der Waals surface area contributed by atoms with Gasteiger partial charge in [0.15, 0.2) is 4.34 Å². The van der Waals surface area contributed by atoms with Gasteiger partial charge in [-0.15, -0.1) is 10.2 Å². The van der Waals surface area contributed by atoms with Crippen molar-refractivity contribution in [1.29, 1.82) is 0 Å². The molecule has 0 saturated carbocycles. The van der Waals surface area contributed by atoms with Crippen molar-refractivity contribution in [2.45, 2.75) is 35.6 Å². The van der Waals surface area contributed by atoms with Crippen molar-refractivity contribution in [1.82, 2.24) is 10.2 Å². The molecule has 2 aliphatic rings. The molecular formula is C32H26FN3O5S2. The number of fused-ring (bicyclic) bond motifs is 1. The van der Waals surface area contributed by atoms with Crippen molar-refractivity contribution < 1.29 is 28.6 Å². The molecule has 4 aromatic rings. The van der Waals surface area contributed by atoms with E-state index in [1.54, 1.807) is 66.7 Å². The largest absolute Gasteiger partial charge is 0.507 e. The number of aliphatic hydroxyl groups excluding tert-OH is 1. The molecule has 0 aliphatic carbocycles. The average Bonchev–Trinajstić information content (AvgIpc) is 3.70. The summed E-state index contributed by atoms with van der Waals surface area (Å²) in [6.45, 7) is 5.90. The SMILES string of the molecule is C=CCOc1cccc([C@@H]2C(=C(O)c3ccc4c(c3)C[C@H](C)O4)C(=O)C(=O)N2c2nnc(SCc3ccccc3F)s2)c1. The van der Waals surface area contributed by atoms with Gasteiger partial charge in [-0.1, -0.05) is 66.1 Å². The predicted octanol–water partition coefficient (Wildman–Crippen LogP) is 6.48. The van der Waals surface area contributed by atoms with Crippen molar-refractivity contribution in [2.24, 2.45) is 0 Å². The molecular weight excluding hydrogens is 590 g/mol. The number of thioether (sulfide) groups is 1. The van der Waals surface area contributed by atoms with Crippen LogP contribution in [0, 0.1) is 5.82 Å². The molecule has 1 fully saturated rings. The van der Waals surface area contributed by atoms with Gasteiger partial charge in [0, 0.05) is 17.7 Å². The maximum absolute atomic E-state index is 14.1. The number of hydrogen-bond donors (Lipinski definition) is 1. The van der Waals surface area contributed by atoms with Gasteiger partial charge in [0.2, 0.25) is 5.13 Å². The highest BCUT2D eigenvalue weighted by Gasteiger charge is 2.48. The maximum atomic E-state index is 14.1. The number of aliphatic hydroxyl groups is 1. The van der Waals surface area contributed by atoms with Gasteiger partial charge in [-0.05, 0) is 60.0 Å². The Balaban J connectivity index is 1.40. The number of amides is 1. The zero-order valence-corrected chi connectivity index (χ0v) is 24.7. The number of hydrogen-bond acceptors (Lipinski definition) is 9. The topological polar surface area (TPSA) is 102 Å². The Morgan fingerprint density at radius 1 is 1.19 bits per heavy atom. The van der Waals surface area contributed by atoms with Gasteiger partial charge in [0.25, 0.3) is 5.78 Å². The smallest absolute Gasteiger partial charge is 0.301 e. The Morgan fingerprint density at radius 2 is 2.02 bits per heavy atom. The van der Waals surface area contributed by atoms with E-state index >= 15 is 0 Å². The third kappa shape index (κ3) is 5.65. The van der Waals surface area contributed by atoms with E-state index < -0.39 is 17.7 Å². The van der Waals surface area contributed by atoms with Crippen LogP contribution in [-0.4, -0.2) is 39.7 Å². The van der Waals surface area contributed by atoms with E-state index in [-0.39, 0.29) is 35.0 Å². The summed E-state index contributed by atoms with van der Waals surface area (Å²) >= 11 is 2.38. The molecule has 0 radical (unpaired) electrons. The molecule has 2 aliphatic heterocycles. The van der Waals surface area contributed by atoms with Gasteiger partial charge in [-0.25, -0.2) is 4.39 Å². The van der Waals surface area contributed by atoms with Crippen LogP contribution >= 0.6 is 23.1 Å². The quantitative estimate of drug-likeness (QED) is 0.0570. The lowest BCUT2D eigenvalue weighted by Gasteiger charge is -2.23. The molecule has 2 atom stereocenters. The second-order valence-corrected chi connectivity index (χ2v) is 12.2. The van der Waals surface area contributed by atoms with E-state index in [9.17, 15) is 19.1 Å². The number of aromatic nitrogens is 2. The normalized spacial score (nSPS) is 18.9. The molecule has 0 spiro atoms. The maximum Gasteiger partial charge on any atom is 0.301 e. The Hall–Kier alpha value is -4.48. The van der Waals surface area contributed by atoms with Crippen LogP contribution < -0.4 is 14.4 Å². The summed E-state index contributed by atoms with van der Waals surface area (Å²) in [5.41, 5.74) is 2.28. The molecule has 8 nitrogen and oxygen atoms in total. The summed E-state index contributed by atoms with van der Waals surface area (Å²) in [6.07, 6.45) is 2.27. The monoisotopic (exact) mass is 615 g/mol. The van der Waals surface area contributed by atoms with Crippen LogP contribution in [0.5, 0.6) is 11.5 Å². The van der Waals surface area contributed by atoms with Crippen molar-refractivity contribution in [3.8, 4) is 11.5 Å². The molecule has 0 unspecified atom stereocenters. The highest BCUT2D eigenvalue weighted by atomic mass is 32.2. The number of halogens is 1. The Morgan fingerprint density at radius 3 is 2.84 bits per heavy atom. The summed E-state index contributed by atoms with van der Waals surface area (Å²) in [4.78, 5) is 28.5. The summed E-state index contributed by atoms with van der Waals surface area (Å²) in [7, 11) is 0. The molecule has 1 aromatic heterocycles. The van der Waals surface area contributed by atoms with Gasteiger partial charge in [-0.2, -0.15) is 0 Å². The highest BCUT2D eigenvalue weighted by Crippen LogP contribution is 2.45. The molecule has 3 heterocycles. The number of carbonyl (C=O) groups is 2. The molecule has 1 N–H and O–H groups in total. The first-order valence-electron chi connectivity index (χ1n) is 13.5. The minimum atomic E-state index is -1.01. The summed E-state index contributed by atoms with van der Waals surface area (Å²) in [5.74, 6) is -0.773. The standard InChI is InChI=1S/C32H26FN3O5S2/c1-3-13-40-23-9-6-8-19(16-23)27-26(28(37)20-11-12-25-22(15-20)14-18(2)41-25)29(38)30(39)36(27)31-34-35-32(43-31)42-17-21-7-4-5-10-24(21)33/h3-12,15-16,18,27,37H,1,13-14,17H2,2H3/t18-,27+/m0/s1. The summed E-state index contributed by atoms with van der Waals surface area (Å²) in [6, 6.07) is 17.6. The number of ketones is 1. The first kappa shape index (κ1) is 28.6. The number of benzene rings is 3. The molecule has 43 heavy (non-hydrogen) atoms. The summed E-state index contributed by atoms with van der Waals surface area (Å²) < 4.78 is 26.2. The van der Waals surface area contributed by atoms with Crippen molar-refractivity contribution in [3.05, 3.63) is 113 Å². The van der Waals surface area contributed by atoms with E-state index in [0.29, 0.717) is 39.0 Å². The number of rotatable bonds is 9. The van der Waals surface area contributed by atoms with Crippen molar-refractivity contribution >= 4 is 45.7 Å². The van der Waals surface area contributed by atoms with Crippen LogP contribution in [0.2, 0.25) is 0 Å². The van der Waals surface area contributed by atoms with E-state index in [2.05, 4.69) is 16.8 Å². The van der Waals surface area contributed by atoms with E-state index in [1.165, 1.54) is 22.7 Å². The second-order valence-electron chi connectivity index (χ2n) is 10.0. The first-order valence-corrected chi connectivity index (χ1v) is 15.3. The lowest BCUT2D eigenvalue weighted by atomic mass is 9.94. The number of carbonyl (C=O) groups excluding carboxylic acids is 2. The minimum Gasteiger partial charge on any atom is -0.507 e. The third-order valence-corrected chi connectivity index (χ3v) is 9.17. The van der Waals surface area contributed by atoms with Crippen LogP contribution in [0.15, 0.2) is 89.3 Å². The lowest BCUT2D eigenvalue weighted by Crippen LogP contribution is -2.29. The van der Waals surface area contributed by atoms with Crippen molar-refractivity contribution in [2.75, 3.05) is 11.5 Å². The molecule has 1 saturated heterocycles. The number of Topliss-reactive ketones (excluding diaryl/α,β-unsaturated/α-hetero) is 1. The van der Waals surface area contributed by atoms with E-state index in [1.807, 2.05) is 6.92 Å². The molecule has 0 bridgehead atoms. The average molecular weight is 616 g/mol. The number of ether oxygens (including phenoxy) is 2. The Labute approximate surface area is 255 Å². The van der Waals surface area contributed by atoms with E-state index in [0.717, 1.165) is 22.6 Å². The van der Waals surface area contributed by atoms with Crippen molar-refractivity contribution in [3.63, 3.8) is 0 Å². The number of anilines is 1.